The monoisotopic (exact) mass is 827 g/mol. The van der Waals surface area contributed by atoms with Crippen molar-refractivity contribution in [1.82, 2.24) is 9.55 Å². The van der Waals surface area contributed by atoms with Gasteiger partial charge in [0.2, 0.25) is 0 Å². The van der Waals surface area contributed by atoms with E-state index in [4.69, 9.17) is 9.73 Å². The molecule has 1 atom stereocenters. The second kappa shape index (κ2) is 12.9. The van der Waals surface area contributed by atoms with E-state index in [0.29, 0.717) is 17.2 Å². The normalized spacial score (nSPS) is 14.2. The molecule has 1 aliphatic rings. The number of aliphatic imine (C=N–C) groups is 1. The van der Waals surface area contributed by atoms with Gasteiger partial charge in [-0.1, -0.05) is 26.3 Å². The predicted octanol–water partition coefficient (Wildman–Crippen LogP) is 7.28. The fraction of sp³-hybridized carbons (Fsp3) is 0.290. The summed E-state index contributed by atoms with van der Waals surface area (Å²) >= 11 is -0.105. The number of fused-ring (bicyclic) bond motifs is 2. The summed E-state index contributed by atoms with van der Waals surface area (Å²) in [6.45, 7) is 4.50. The summed E-state index contributed by atoms with van der Waals surface area (Å²) in [6, 6.07) is 17.0. The molecule has 0 N–H and O–H groups in total. The number of rotatable bonds is 8. The first-order valence-corrected chi connectivity index (χ1v) is 18.5. The van der Waals surface area contributed by atoms with Crippen LogP contribution in [0, 0.1) is 5.92 Å². The summed E-state index contributed by atoms with van der Waals surface area (Å²) in [7, 11) is 0. The molecule has 0 saturated heterocycles. The number of aromatic nitrogens is 2. The van der Waals surface area contributed by atoms with E-state index in [0.717, 1.165) is 63.5 Å². The van der Waals surface area contributed by atoms with Gasteiger partial charge in [-0.3, -0.25) is 4.98 Å². The van der Waals surface area contributed by atoms with Crippen molar-refractivity contribution in [3.05, 3.63) is 82.9 Å². The minimum atomic E-state index is -1.25. The van der Waals surface area contributed by atoms with Crippen molar-refractivity contribution < 1.29 is 9.13 Å². The van der Waals surface area contributed by atoms with Crippen molar-refractivity contribution in [3.8, 4) is 22.6 Å². The van der Waals surface area contributed by atoms with Gasteiger partial charge in [0.25, 0.3) is 0 Å². The van der Waals surface area contributed by atoms with Crippen molar-refractivity contribution in [3.63, 3.8) is 0 Å². The number of pyridine rings is 2. The quantitative estimate of drug-likeness (QED) is 0.107. The first-order valence-electron chi connectivity index (χ1n) is 13.2. The van der Waals surface area contributed by atoms with Crippen molar-refractivity contribution in [2.24, 2.45) is 10.9 Å². The molecule has 2 aromatic heterocycles. The van der Waals surface area contributed by atoms with Crippen molar-refractivity contribution in [2.45, 2.75) is 43.4 Å². The van der Waals surface area contributed by atoms with Crippen LogP contribution in [0.15, 0.2) is 76.8 Å². The molecule has 0 bridgehead atoms. The molecule has 0 fully saturated rings. The van der Waals surface area contributed by atoms with Crippen LogP contribution in [0.4, 0.5) is 10.1 Å². The Morgan fingerprint density at radius 3 is 2.74 bits per heavy atom. The van der Waals surface area contributed by atoms with Crippen LogP contribution in [-0.2, 0) is 0 Å². The number of halogens is 2. The van der Waals surface area contributed by atoms with E-state index in [1.54, 1.807) is 22.9 Å². The molecule has 5 rings (SSSR count). The van der Waals surface area contributed by atoms with E-state index in [9.17, 15) is 9.18 Å². The molecule has 2 aromatic carbocycles. The van der Waals surface area contributed by atoms with Gasteiger partial charge < -0.3 is 0 Å². The maximum absolute atomic E-state index is 14.2. The Balaban J connectivity index is 1.69. The van der Waals surface area contributed by atoms with Crippen LogP contribution in [0.1, 0.15) is 45.1 Å². The van der Waals surface area contributed by atoms with Gasteiger partial charge in [-0.25, -0.2) is 0 Å². The fourth-order valence-electron chi connectivity index (χ4n) is 4.73. The Kier molecular flexibility index (Phi) is 9.37. The third kappa shape index (κ3) is 6.90. The van der Waals surface area contributed by atoms with Crippen LogP contribution in [0.25, 0.3) is 27.7 Å². The standard InChI is InChI=1S/C31H30FIN3O2.Tl/c1-21(2)5-3-7-25-14-15-33-18-24-19-36(26-10-13-28-23(17-26)6-4-16-34-28)31(37)29(30(24)35-25)22-8-11-27(12-9-22)38-20-32;/h4,6,8-13,16-21H,3,5,7,14-15H2,1-2H3;. The van der Waals surface area contributed by atoms with E-state index in [2.05, 4.69) is 22.8 Å². The zero-order valence-electron chi connectivity index (χ0n) is 22.1. The zero-order chi connectivity index (χ0) is 27.4. The van der Waals surface area contributed by atoms with Crippen LogP contribution in [0.5, 0.6) is 5.75 Å². The summed E-state index contributed by atoms with van der Waals surface area (Å²) in [5.41, 5.74) is 5.79. The number of benzene rings is 2. The second-order valence-corrected chi connectivity index (χ2v) is 14.6. The summed E-state index contributed by atoms with van der Waals surface area (Å²) in [5.74, 6) is 1.12. The third-order valence-electron chi connectivity index (χ3n) is 6.67. The Morgan fingerprint density at radius 2 is 1.97 bits per heavy atom. The average Bonchev–Trinajstić information content (AvgIpc) is 2.90. The molecular weight excluding hydrogens is 797 g/mol. The molecule has 0 amide bonds. The van der Waals surface area contributed by atoms with E-state index in [1.165, 1.54) is 5.71 Å². The molecular formula is C31H30FIN3O2Tl. The van der Waals surface area contributed by atoms with Gasteiger partial charge in [0.05, 0.1) is 5.52 Å². The van der Waals surface area contributed by atoms with Gasteiger partial charge >= 0.3 is 201 Å². The first kappa shape index (κ1) is 28.3. The summed E-state index contributed by atoms with van der Waals surface area (Å²) in [4.78, 5) is 23.8. The van der Waals surface area contributed by atoms with Crippen molar-refractivity contribution in [2.75, 3.05) is 4.43 Å². The second-order valence-electron chi connectivity index (χ2n) is 10.0. The number of ether oxygens (including phenoxy) is 1. The third-order valence-corrected chi connectivity index (χ3v) is 9.47. The molecule has 8 heteroatoms. The minimum absolute atomic E-state index is 0.0788. The van der Waals surface area contributed by atoms with E-state index in [-0.39, 0.29) is 52.1 Å². The molecule has 1 aliphatic heterocycles. The van der Waals surface area contributed by atoms with E-state index >= 15 is 0 Å². The van der Waals surface area contributed by atoms with Crippen LogP contribution in [0.2, 0.25) is 0 Å². The molecule has 0 spiro atoms. The molecule has 3 heterocycles. The Hall–Kier alpha value is -2.28. The Morgan fingerprint density at radius 1 is 1.15 bits per heavy atom. The van der Waals surface area contributed by atoms with Crippen molar-refractivity contribution in [1.29, 1.82) is 0 Å². The molecule has 1 unspecified atom stereocenters. The molecule has 4 aromatic rings. The number of nitrogens with zero attached hydrogens (tertiary/aromatic N) is 3. The SMILES string of the molecule is CC(C)CCCC1=Nc2c(cn(-c3ccc4ncccc4c3)c(=O)c2-c2ccc(O[CH](F)[Tl])cc2)C=ICC1. The van der Waals surface area contributed by atoms with Crippen molar-refractivity contribution >= 4 is 72.8 Å². The summed E-state index contributed by atoms with van der Waals surface area (Å²) in [6.07, 6.45) is 7.92. The van der Waals surface area contributed by atoms with Gasteiger partial charge in [0, 0.05) is 6.20 Å². The summed E-state index contributed by atoms with van der Waals surface area (Å²) in [5, 5.41) is 0.975. The zero-order valence-corrected chi connectivity index (χ0v) is 28.8. The first-order chi connectivity index (χ1) is 18.9. The van der Waals surface area contributed by atoms with Gasteiger partial charge in [-0.2, -0.15) is 0 Å². The molecule has 0 aliphatic carbocycles. The molecule has 0 radical (unpaired) electrons. The van der Waals surface area contributed by atoms with Crippen LogP contribution >= 0.6 is 20.7 Å². The molecule has 39 heavy (non-hydrogen) atoms. The summed E-state index contributed by atoms with van der Waals surface area (Å²) < 4.78 is 22.7. The van der Waals surface area contributed by atoms with Gasteiger partial charge in [0.15, 0.2) is 0 Å². The van der Waals surface area contributed by atoms with Gasteiger partial charge in [-0.15, -0.1) is 0 Å². The predicted molar refractivity (Wildman–Crippen MR) is 169 cm³/mol. The molecule has 5 nitrogen and oxygen atoms in total. The van der Waals surface area contributed by atoms with Crippen LogP contribution in [-0.4, -0.2) is 53.4 Å². The van der Waals surface area contributed by atoms with Crippen LogP contribution < -0.4 is 10.3 Å². The number of hydrogen-bond donors (Lipinski definition) is 0. The van der Waals surface area contributed by atoms with E-state index in [1.807, 2.05) is 48.7 Å². The Labute approximate surface area is 254 Å². The van der Waals surface area contributed by atoms with E-state index < -0.39 is 3.92 Å². The average molecular weight is 827 g/mol. The number of alkyl halides is 2. The van der Waals surface area contributed by atoms with Crippen LogP contribution in [0.3, 0.4) is 0 Å². The Bertz CT molecular complexity index is 1600. The topological polar surface area (TPSA) is 56.5 Å². The molecule has 0 saturated carbocycles. The maximum atomic E-state index is 14.2. The van der Waals surface area contributed by atoms with Gasteiger partial charge in [0.1, 0.15) is 0 Å². The van der Waals surface area contributed by atoms with Gasteiger partial charge in [-0.05, 0) is 12.0 Å². The fourth-order valence-corrected chi connectivity index (χ4v) is 7.52. The molecule has 198 valence electrons. The number of hydrogen-bond acceptors (Lipinski definition) is 4.